The summed E-state index contributed by atoms with van der Waals surface area (Å²) in [6.45, 7) is 7.36. The van der Waals surface area contributed by atoms with Crippen LogP contribution in [0.5, 0.6) is 0 Å². The number of aromatic nitrogens is 1. The number of rotatable bonds is 3. The topological polar surface area (TPSA) is 12.9 Å². The summed E-state index contributed by atoms with van der Waals surface area (Å²) in [5, 5.41) is 0. The molecule has 4 saturated carbocycles. The number of pyridine rings is 1. The van der Waals surface area contributed by atoms with Gasteiger partial charge in [-0.25, -0.2) is 0 Å². The maximum Gasteiger partial charge on any atom is 0.433 e. The van der Waals surface area contributed by atoms with Crippen molar-refractivity contribution in [1.29, 1.82) is 0 Å². The van der Waals surface area contributed by atoms with E-state index in [-0.39, 0.29) is 0 Å². The van der Waals surface area contributed by atoms with Crippen LogP contribution >= 0.6 is 0 Å². The first-order valence-corrected chi connectivity index (χ1v) is 13.2. The van der Waals surface area contributed by atoms with Crippen molar-refractivity contribution in [2.24, 2.45) is 52.8 Å². The maximum absolute atomic E-state index is 12.9. The number of hydrogen-bond donors (Lipinski definition) is 0. The average Bonchev–Trinajstić information content (AvgIpc) is 3.10. The molecule has 0 aliphatic heterocycles. The second-order valence-electron chi connectivity index (χ2n) is 12.3. The predicted octanol–water partition coefficient (Wildman–Crippen LogP) is 8.18. The van der Waals surface area contributed by atoms with Gasteiger partial charge in [0, 0.05) is 6.20 Å². The fraction of sp³-hybridized carbons (Fsp3) is 0.821. The van der Waals surface area contributed by atoms with Crippen LogP contribution in [-0.2, 0) is 12.6 Å². The van der Waals surface area contributed by atoms with Crippen molar-refractivity contribution in [3.8, 4) is 0 Å². The molecule has 1 aromatic rings. The molecule has 0 bridgehead atoms. The van der Waals surface area contributed by atoms with Crippen LogP contribution in [0.15, 0.2) is 18.3 Å². The fourth-order valence-electron chi connectivity index (χ4n) is 9.29. The summed E-state index contributed by atoms with van der Waals surface area (Å²) in [6, 6.07) is 2.79. The van der Waals surface area contributed by atoms with E-state index >= 15 is 0 Å². The van der Waals surface area contributed by atoms with Crippen molar-refractivity contribution in [2.75, 3.05) is 0 Å². The van der Waals surface area contributed by atoms with E-state index in [4.69, 9.17) is 0 Å². The Balaban J connectivity index is 1.27. The molecule has 0 spiro atoms. The second kappa shape index (κ2) is 8.31. The van der Waals surface area contributed by atoms with E-state index in [2.05, 4.69) is 25.8 Å². The lowest BCUT2D eigenvalue weighted by Crippen LogP contribution is -2.49. The van der Waals surface area contributed by atoms with Crippen LogP contribution in [0.3, 0.4) is 0 Å². The van der Waals surface area contributed by atoms with E-state index in [0.29, 0.717) is 17.3 Å². The normalized spacial score (nSPS) is 42.6. The van der Waals surface area contributed by atoms with Crippen molar-refractivity contribution in [3.05, 3.63) is 29.6 Å². The van der Waals surface area contributed by atoms with Gasteiger partial charge in [-0.1, -0.05) is 33.3 Å². The van der Waals surface area contributed by atoms with Crippen LogP contribution in [-0.4, -0.2) is 4.98 Å². The quantitative estimate of drug-likeness (QED) is 0.455. The summed E-state index contributed by atoms with van der Waals surface area (Å²) >= 11 is 0. The SMILES string of the molecule is C[C@H]1CC[C@@H]2C3CC[C@@]4(C)C(CCC4[C@H](C)Cc4ccc(C(F)(F)F)nc4)[C@@H]3CC[C@@H]2C1. The van der Waals surface area contributed by atoms with Crippen molar-refractivity contribution in [2.45, 2.75) is 91.2 Å². The summed E-state index contributed by atoms with van der Waals surface area (Å²) in [7, 11) is 0. The Morgan fingerprint density at radius 3 is 2.50 bits per heavy atom. The molecule has 32 heavy (non-hydrogen) atoms. The molecule has 0 saturated heterocycles. The van der Waals surface area contributed by atoms with Gasteiger partial charge in [-0.15, -0.1) is 0 Å². The Kier molecular flexibility index (Phi) is 5.90. The molecule has 4 aliphatic rings. The molecule has 1 heterocycles. The van der Waals surface area contributed by atoms with Gasteiger partial charge >= 0.3 is 6.18 Å². The van der Waals surface area contributed by atoms with Gasteiger partial charge in [0.15, 0.2) is 0 Å². The Hall–Kier alpha value is -1.06. The molecule has 0 amide bonds. The summed E-state index contributed by atoms with van der Waals surface area (Å²) in [4.78, 5) is 3.70. The van der Waals surface area contributed by atoms with Gasteiger partial charge in [-0.3, -0.25) is 4.98 Å². The van der Waals surface area contributed by atoms with Crippen LogP contribution in [0.2, 0.25) is 0 Å². The first-order chi connectivity index (χ1) is 15.2. The fourth-order valence-corrected chi connectivity index (χ4v) is 9.29. The van der Waals surface area contributed by atoms with Crippen molar-refractivity contribution in [3.63, 3.8) is 0 Å². The number of fused-ring (bicyclic) bond motifs is 5. The lowest BCUT2D eigenvalue weighted by atomic mass is 9.48. The summed E-state index contributed by atoms with van der Waals surface area (Å²) in [5.41, 5.74) is 0.574. The van der Waals surface area contributed by atoms with Gasteiger partial charge in [0.1, 0.15) is 5.69 Å². The van der Waals surface area contributed by atoms with E-state index in [1.165, 1.54) is 64.0 Å². The van der Waals surface area contributed by atoms with Crippen LogP contribution in [0, 0.1) is 52.8 Å². The van der Waals surface area contributed by atoms with Gasteiger partial charge in [0.05, 0.1) is 0 Å². The van der Waals surface area contributed by atoms with Gasteiger partial charge in [0.25, 0.3) is 0 Å². The Morgan fingerprint density at radius 2 is 1.78 bits per heavy atom. The minimum absolute atomic E-state index is 0.411. The minimum atomic E-state index is -4.36. The predicted molar refractivity (Wildman–Crippen MR) is 122 cm³/mol. The first kappa shape index (κ1) is 22.7. The van der Waals surface area contributed by atoms with Crippen LogP contribution in [0.1, 0.15) is 89.8 Å². The lowest BCUT2D eigenvalue weighted by Gasteiger charge is -2.56. The maximum atomic E-state index is 12.9. The van der Waals surface area contributed by atoms with Gasteiger partial charge in [-0.05, 0) is 122 Å². The molecule has 0 radical (unpaired) electrons. The number of alkyl halides is 3. The molecule has 4 aliphatic carbocycles. The molecular weight excluding hydrogens is 407 g/mol. The Labute approximate surface area is 192 Å². The number of nitrogens with zero attached hydrogens (tertiary/aromatic N) is 1. The molecule has 1 nitrogen and oxygen atoms in total. The lowest BCUT2D eigenvalue weighted by molar-refractivity contribution is -0.141. The summed E-state index contributed by atoms with van der Waals surface area (Å²) < 4.78 is 38.6. The Morgan fingerprint density at radius 1 is 1.00 bits per heavy atom. The molecule has 1 aromatic heterocycles. The van der Waals surface area contributed by atoms with E-state index in [1.54, 1.807) is 6.07 Å². The molecular formula is C28H40F3N. The third kappa shape index (κ3) is 3.92. The van der Waals surface area contributed by atoms with E-state index in [9.17, 15) is 13.2 Å². The highest BCUT2D eigenvalue weighted by Crippen LogP contribution is 2.65. The number of halogens is 3. The molecule has 0 aromatic carbocycles. The first-order valence-electron chi connectivity index (χ1n) is 13.2. The van der Waals surface area contributed by atoms with Crippen molar-refractivity contribution in [1.82, 2.24) is 4.98 Å². The van der Waals surface area contributed by atoms with Crippen LogP contribution in [0.4, 0.5) is 13.2 Å². The van der Waals surface area contributed by atoms with Crippen molar-refractivity contribution < 1.29 is 13.2 Å². The van der Waals surface area contributed by atoms with E-state index in [1.807, 2.05) is 0 Å². The highest BCUT2D eigenvalue weighted by atomic mass is 19.4. The van der Waals surface area contributed by atoms with Crippen molar-refractivity contribution >= 4 is 0 Å². The monoisotopic (exact) mass is 447 g/mol. The zero-order valence-corrected chi connectivity index (χ0v) is 20.0. The molecule has 5 rings (SSSR count). The second-order valence-corrected chi connectivity index (χ2v) is 12.3. The molecule has 4 fully saturated rings. The summed E-state index contributed by atoms with van der Waals surface area (Å²) in [5.74, 6) is 6.84. The summed E-state index contributed by atoms with van der Waals surface area (Å²) in [6.07, 6.45) is 10.7. The van der Waals surface area contributed by atoms with E-state index in [0.717, 1.165) is 53.6 Å². The third-order valence-electron chi connectivity index (χ3n) is 10.6. The third-order valence-corrected chi connectivity index (χ3v) is 10.6. The molecule has 178 valence electrons. The highest BCUT2D eigenvalue weighted by Gasteiger charge is 2.57. The standard InChI is InChI=1S/C28H40F3N/c1-17-4-7-21-20(14-17)6-8-23-22(21)12-13-27(3)24(9-10-25(23)27)18(2)15-19-5-11-26(32-16-19)28(29,30)31/h5,11,16-18,20-25H,4,6-10,12-15H2,1-3H3/t17-,18+,20+,21-,22?,23+,24?,25?,27+/m0/s1. The zero-order chi connectivity index (χ0) is 22.7. The van der Waals surface area contributed by atoms with Crippen LogP contribution in [0.25, 0.3) is 0 Å². The molecule has 0 N–H and O–H groups in total. The van der Waals surface area contributed by atoms with Crippen LogP contribution < -0.4 is 0 Å². The van der Waals surface area contributed by atoms with Gasteiger partial charge in [-0.2, -0.15) is 13.2 Å². The van der Waals surface area contributed by atoms with Gasteiger partial charge < -0.3 is 0 Å². The Bertz CT molecular complexity index is 802. The number of hydrogen-bond acceptors (Lipinski definition) is 1. The van der Waals surface area contributed by atoms with Gasteiger partial charge in [0.2, 0.25) is 0 Å². The minimum Gasteiger partial charge on any atom is -0.252 e. The largest absolute Gasteiger partial charge is 0.433 e. The molecule has 9 atom stereocenters. The molecule has 3 unspecified atom stereocenters. The molecule has 4 heteroatoms. The average molecular weight is 448 g/mol. The smallest absolute Gasteiger partial charge is 0.252 e. The van der Waals surface area contributed by atoms with E-state index < -0.39 is 11.9 Å². The highest BCUT2D eigenvalue weighted by molar-refractivity contribution is 5.17. The zero-order valence-electron chi connectivity index (χ0n) is 20.0.